The van der Waals surface area contributed by atoms with Crippen molar-refractivity contribution in [3.05, 3.63) is 39.5 Å². The van der Waals surface area contributed by atoms with E-state index in [0.717, 1.165) is 15.6 Å². The lowest BCUT2D eigenvalue weighted by Crippen LogP contribution is -2.20. The number of amides is 1. The van der Waals surface area contributed by atoms with Crippen LogP contribution in [0.2, 0.25) is 0 Å². The summed E-state index contributed by atoms with van der Waals surface area (Å²) in [5.74, 6) is -1.16. The molecular weight excluding hydrogens is 409 g/mol. The largest absolute Gasteiger partial charge is 0.465 e. The molecule has 29 heavy (non-hydrogen) atoms. The molecule has 0 atom stereocenters. The molecule has 3 rings (SSSR count). The van der Waals surface area contributed by atoms with Gasteiger partial charge >= 0.3 is 12.1 Å². The number of aromatic nitrogens is 3. The van der Waals surface area contributed by atoms with Gasteiger partial charge in [0.1, 0.15) is 11.5 Å². The van der Waals surface area contributed by atoms with Gasteiger partial charge in [-0.15, -0.1) is 11.3 Å². The van der Waals surface area contributed by atoms with E-state index in [1.165, 1.54) is 32.3 Å². The number of carbonyl (C=O) groups excluding carboxylic acids is 2. The first-order valence-corrected chi connectivity index (χ1v) is 9.23. The number of nitrogens with one attached hydrogen (secondary N) is 1. The fourth-order valence-corrected chi connectivity index (χ4v) is 3.90. The van der Waals surface area contributed by atoms with Crippen molar-refractivity contribution < 1.29 is 27.5 Å². The number of fused-ring (bicyclic) bond motifs is 1. The highest BCUT2D eigenvalue weighted by atomic mass is 32.1. The zero-order chi connectivity index (χ0) is 21.5. The fourth-order valence-electron chi connectivity index (χ4n) is 2.98. The maximum absolute atomic E-state index is 13.4. The van der Waals surface area contributed by atoms with Gasteiger partial charge in [-0.05, 0) is 32.9 Å². The minimum absolute atomic E-state index is 0.0273. The third-order valence-electron chi connectivity index (χ3n) is 4.12. The molecule has 3 heterocycles. The average Bonchev–Trinajstić information content (AvgIpc) is 3.12. The van der Waals surface area contributed by atoms with Crippen LogP contribution in [0.5, 0.6) is 0 Å². The van der Waals surface area contributed by atoms with Crippen LogP contribution in [0.3, 0.4) is 0 Å². The molecule has 0 spiro atoms. The number of esters is 1. The number of carbonyl (C=O) groups is 2. The van der Waals surface area contributed by atoms with Crippen LogP contribution >= 0.6 is 11.3 Å². The number of rotatable bonds is 4. The molecule has 0 aliphatic rings. The molecule has 0 aliphatic heterocycles. The molecule has 0 saturated carbocycles. The molecule has 1 N–H and O–H groups in total. The summed E-state index contributed by atoms with van der Waals surface area (Å²) in [6.07, 6.45) is -4.57. The lowest BCUT2D eigenvalue weighted by Gasteiger charge is -2.10. The highest BCUT2D eigenvalue weighted by Gasteiger charge is 2.35. The predicted molar refractivity (Wildman–Crippen MR) is 101 cm³/mol. The van der Waals surface area contributed by atoms with Crippen molar-refractivity contribution in [3.63, 3.8) is 0 Å². The van der Waals surface area contributed by atoms with Crippen LogP contribution in [0.1, 0.15) is 32.2 Å². The smallest absolute Gasteiger partial charge is 0.417 e. The van der Waals surface area contributed by atoms with Crippen LogP contribution in [0.25, 0.3) is 11.0 Å². The molecule has 0 aromatic carbocycles. The van der Waals surface area contributed by atoms with E-state index in [0.29, 0.717) is 5.00 Å². The van der Waals surface area contributed by atoms with Crippen molar-refractivity contribution >= 4 is 39.2 Å². The van der Waals surface area contributed by atoms with Gasteiger partial charge in [0, 0.05) is 10.6 Å². The maximum Gasteiger partial charge on any atom is 0.417 e. The minimum atomic E-state index is -4.57. The normalized spacial score (nSPS) is 11.7. The summed E-state index contributed by atoms with van der Waals surface area (Å²) in [6.45, 7) is 4.28. The van der Waals surface area contributed by atoms with E-state index in [2.05, 4.69) is 15.4 Å². The molecule has 0 bridgehead atoms. The van der Waals surface area contributed by atoms with E-state index in [1.54, 1.807) is 13.0 Å². The Morgan fingerprint density at radius 1 is 1.24 bits per heavy atom. The highest BCUT2D eigenvalue weighted by molar-refractivity contribution is 7.16. The summed E-state index contributed by atoms with van der Waals surface area (Å²) < 4.78 is 46.0. The van der Waals surface area contributed by atoms with E-state index < -0.39 is 23.6 Å². The van der Waals surface area contributed by atoms with Crippen molar-refractivity contribution in [2.24, 2.45) is 0 Å². The average molecular weight is 426 g/mol. The first-order valence-electron chi connectivity index (χ1n) is 8.41. The van der Waals surface area contributed by atoms with Crippen LogP contribution in [0, 0.1) is 20.8 Å². The van der Waals surface area contributed by atoms with Crippen molar-refractivity contribution in [1.82, 2.24) is 14.8 Å². The van der Waals surface area contributed by atoms with Gasteiger partial charge in [0.2, 0.25) is 5.91 Å². The quantitative estimate of drug-likeness (QED) is 0.641. The Morgan fingerprint density at radius 3 is 2.55 bits per heavy atom. The van der Waals surface area contributed by atoms with E-state index >= 15 is 0 Å². The second kappa shape index (κ2) is 7.47. The van der Waals surface area contributed by atoms with Gasteiger partial charge in [-0.25, -0.2) is 14.5 Å². The van der Waals surface area contributed by atoms with Crippen LogP contribution < -0.4 is 5.32 Å². The fraction of sp³-hybridized carbons (Fsp3) is 0.333. The zero-order valence-corrected chi connectivity index (χ0v) is 16.8. The number of thiophene rings is 1. The zero-order valence-electron chi connectivity index (χ0n) is 16.0. The Bertz CT molecular complexity index is 1120. The van der Waals surface area contributed by atoms with Crippen LogP contribution in [-0.2, 0) is 22.3 Å². The lowest BCUT2D eigenvalue weighted by molar-refractivity contribution is -0.136. The Hall–Kier alpha value is -2.95. The molecule has 7 nitrogen and oxygen atoms in total. The van der Waals surface area contributed by atoms with E-state index in [4.69, 9.17) is 4.74 Å². The van der Waals surface area contributed by atoms with Gasteiger partial charge in [0.15, 0.2) is 5.65 Å². The molecular formula is C18H17F3N4O3S. The van der Waals surface area contributed by atoms with E-state index in [1.807, 2.05) is 0 Å². The van der Waals surface area contributed by atoms with Gasteiger partial charge in [0.25, 0.3) is 0 Å². The molecule has 11 heteroatoms. The highest BCUT2D eigenvalue weighted by Crippen LogP contribution is 2.36. The monoisotopic (exact) mass is 426 g/mol. The Labute approximate surface area is 167 Å². The van der Waals surface area contributed by atoms with Crippen LogP contribution in [0.15, 0.2) is 12.1 Å². The number of methoxy groups -OCH3 is 1. The third kappa shape index (κ3) is 4.09. The number of aryl methyl sites for hydroxylation is 3. The van der Waals surface area contributed by atoms with Crippen LogP contribution in [-0.4, -0.2) is 33.8 Å². The number of nitrogens with zero attached hydrogens (tertiary/aromatic N) is 3. The minimum Gasteiger partial charge on any atom is -0.465 e. The summed E-state index contributed by atoms with van der Waals surface area (Å²) in [4.78, 5) is 29.3. The number of halogens is 3. The van der Waals surface area contributed by atoms with Gasteiger partial charge < -0.3 is 10.1 Å². The van der Waals surface area contributed by atoms with Crippen molar-refractivity contribution in [1.29, 1.82) is 0 Å². The summed E-state index contributed by atoms with van der Waals surface area (Å²) in [5, 5.41) is 6.83. The summed E-state index contributed by atoms with van der Waals surface area (Å²) in [7, 11) is 1.23. The molecule has 0 aliphatic carbocycles. The Balaban J connectivity index is 1.95. The molecule has 0 saturated heterocycles. The number of anilines is 1. The number of hydrogen-bond acceptors (Lipinski definition) is 6. The van der Waals surface area contributed by atoms with Crippen molar-refractivity contribution in [2.75, 3.05) is 12.4 Å². The second-order valence-electron chi connectivity index (χ2n) is 6.39. The Morgan fingerprint density at radius 2 is 1.93 bits per heavy atom. The summed E-state index contributed by atoms with van der Waals surface area (Å²) in [5.41, 5.74) is -0.382. The summed E-state index contributed by atoms with van der Waals surface area (Å²) >= 11 is 1.19. The number of alkyl halides is 3. The predicted octanol–water partition coefficient (Wildman–Crippen LogP) is 3.86. The third-order valence-corrected chi connectivity index (χ3v) is 5.08. The van der Waals surface area contributed by atoms with Gasteiger partial charge in [-0.3, -0.25) is 4.79 Å². The Kier molecular flexibility index (Phi) is 5.35. The van der Waals surface area contributed by atoms with Crippen LogP contribution in [0.4, 0.5) is 18.2 Å². The molecule has 1 amide bonds. The lowest BCUT2D eigenvalue weighted by atomic mass is 10.1. The SMILES string of the molecule is COC(=O)c1cc(C)sc1NC(=O)Cn1nc(C)c2c(C(F)(F)F)cc(C)nc21. The first kappa shape index (κ1) is 20.8. The van der Waals surface area contributed by atoms with Crippen molar-refractivity contribution in [3.8, 4) is 0 Å². The molecule has 0 unspecified atom stereocenters. The summed E-state index contributed by atoms with van der Waals surface area (Å²) in [6, 6.07) is 2.54. The van der Waals surface area contributed by atoms with E-state index in [9.17, 15) is 22.8 Å². The molecule has 0 radical (unpaired) electrons. The van der Waals surface area contributed by atoms with Gasteiger partial charge in [-0.2, -0.15) is 18.3 Å². The second-order valence-corrected chi connectivity index (χ2v) is 7.65. The van der Waals surface area contributed by atoms with E-state index in [-0.39, 0.29) is 34.5 Å². The number of pyridine rings is 1. The molecule has 3 aromatic rings. The topological polar surface area (TPSA) is 86.1 Å². The first-order chi connectivity index (χ1) is 13.5. The standard InChI is InChI=1S/C18H17F3N4O3S/c1-8-5-12(18(19,20)21)14-10(3)24-25(15(14)22-8)7-13(26)23-16-11(17(27)28-4)6-9(2)29-16/h5-6H,7H2,1-4H3,(H,23,26). The maximum atomic E-state index is 13.4. The van der Waals surface area contributed by atoms with Crippen molar-refractivity contribution in [2.45, 2.75) is 33.5 Å². The van der Waals surface area contributed by atoms with Gasteiger partial charge in [-0.1, -0.05) is 0 Å². The number of hydrogen-bond donors (Lipinski definition) is 1. The molecule has 0 fully saturated rings. The molecule has 3 aromatic heterocycles. The van der Waals surface area contributed by atoms with Gasteiger partial charge in [0.05, 0.1) is 29.3 Å². The molecule has 154 valence electrons. The number of ether oxygens (including phenoxy) is 1.